The molecule has 0 rings (SSSR count). The molecule has 0 saturated heterocycles. The Morgan fingerprint density at radius 1 is 1.75 bits per heavy atom. The number of aliphatic hydroxyl groups excluding tert-OH is 1. The summed E-state index contributed by atoms with van der Waals surface area (Å²) in [6.45, 7) is 4.94. The van der Waals surface area contributed by atoms with E-state index < -0.39 is 0 Å². The Balaban J connectivity index is 3.94. The summed E-state index contributed by atoms with van der Waals surface area (Å²) >= 11 is 0. The first-order valence-corrected chi connectivity index (χ1v) is 2.23. The van der Waals surface area contributed by atoms with Gasteiger partial charge in [0.15, 0.2) is 0 Å². The lowest BCUT2D eigenvalue weighted by molar-refractivity contribution is 0.435. The van der Waals surface area contributed by atoms with E-state index in [9.17, 15) is 0 Å². The Bertz CT molecular complexity index is 135. The van der Waals surface area contributed by atoms with Crippen molar-refractivity contribution in [1.82, 2.24) is 0 Å². The third kappa shape index (κ3) is 3.15. The van der Waals surface area contributed by atoms with Gasteiger partial charge in [0.05, 0.1) is 0 Å². The highest BCUT2D eigenvalue weighted by molar-refractivity contribution is 5.75. The lowest BCUT2D eigenvalue weighted by Gasteiger charge is -1.86. The Morgan fingerprint density at radius 2 is 2.25 bits per heavy atom. The second kappa shape index (κ2) is 3.02. The summed E-state index contributed by atoms with van der Waals surface area (Å²) in [7, 11) is 0. The van der Waals surface area contributed by atoms with Crippen molar-refractivity contribution in [2.24, 2.45) is 0 Å². The Hall–Kier alpha value is -1.05. The minimum atomic E-state index is -0.00833. The van der Waals surface area contributed by atoms with Crippen molar-refractivity contribution in [2.75, 3.05) is 0 Å². The van der Waals surface area contributed by atoms with Gasteiger partial charge < -0.3 is 10.5 Å². The molecule has 0 radical (unpaired) electrons. The highest BCUT2D eigenvalue weighted by atomic mass is 16.3. The van der Waals surface area contributed by atoms with Crippen LogP contribution in [0.4, 0.5) is 0 Å². The number of allylic oxidation sites excluding steroid dienone is 2. The van der Waals surface area contributed by atoms with E-state index in [1.165, 1.54) is 6.08 Å². The van der Waals surface area contributed by atoms with Crippen LogP contribution in [0.2, 0.25) is 0 Å². The quantitative estimate of drug-likeness (QED) is 0.317. The van der Waals surface area contributed by atoms with Gasteiger partial charge >= 0.3 is 0 Å². The van der Waals surface area contributed by atoms with Gasteiger partial charge in [-0.05, 0) is 18.6 Å². The van der Waals surface area contributed by atoms with Crippen molar-refractivity contribution < 1.29 is 5.11 Å². The summed E-state index contributed by atoms with van der Waals surface area (Å²) in [5.41, 5.74) is 0.692. The highest BCUT2D eigenvalue weighted by Crippen LogP contribution is 1.91. The van der Waals surface area contributed by atoms with Gasteiger partial charge in [-0.15, -0.1) is 0 Å². The number of nitrogens with one attached hydrogen (secondary N) is 1. The lowest BCUT2D eigenvalue weighted by atomic mass is 10.3. The smallest absolute Gasteiger partial charge is 0.108 e. The molecule has 2 nitrogen and oxygen atoms in total. The van der Waals surface area contributed by atoms with E-state index in [0.29, 0.717) is 5.57 Å². The van der Waals surface area contributed by atoms with Crippen LogP contribution in [-0.4, -0.2) is 11.3 Å². The second-order valence-electron chi connectivity index (χ2n) is 1.52. The maximum atomic E-state index is 8.48. The first kappa shape index (κ1) is 6.95. The molecule has 0 aliphatic rings. The summed E-state index contributed by atoms with van der Waals surface area (Å²) in [6, 6.07) is 0. The van der Waals surface area contributed by atoms with Crippen LogP contribution in [0.5, 0.6) is 0 Å². The zero-order valence-corrected chi connectivity index (χ0v) is 4.81. The topological polar surface area (TPSA) is 44.1 Å². The molecule has 0 aliphatic carbocycles. The van der Waals surface area contributed by atoms with Gasteiger partial charge in [-0.1, -0.05) is 6.58 Å². The van der Waals surface area contributed by atoms with E-state index in [4.69, 9.17) is 10.5 Å². The normalized spacial score (nSPS) is 10.9. The zero-order chi connectivity index (χ0) is 6.57. The number of hydrogen-bond acceptors (Lipinski definition) is 2. The fourth-order valence-corrected chi connectivity index (χ4v) is 0.304. The summed E-state index contributed by atoms with van der Waals surface area (Å²) < 4.78 is 0. The number of hydrogen-bond donors (Lipinski definition) is 2. The highest BCUT2D eigenvalue weighted by Gasteiger charge is 1.80. The molecule has 0 unspecified atom stereocenters. The monoisotopic (exact) mass is 111 g/mol. The fraction of sp³-hybridized carbons (Fsp3) is 0.167. The maximum Gasteiger partial charge on any atom is 0.108 e. The molecule has 0 saturated carbocycles. The molecule has 0 spiro atoms. The molecule has 0 aromatic heterocycles. The van der Waals surface area contributed by atoms with Crippen molar-refractivity contribution >= 4 is 6.21 Å². The molecule has 0 aliphatic heterocycles. The zero-order valence-electron chi connectivity index (χ0n) is 4.81. The van der Waals surface area contributed by atoms with E-state index in [-0.39, 0.29) is 5.76 Å². The molecule has 0 aromatic rings. The molecule has 8 heavy (non-hydrogen) atoms. The average Bonchev–Trinajstić information content (AvgIpc) is 1.65. The molecule has 0 fully saturated rings. The van der Waals surface area contributed by atoms with E-state index >= 15 is 0 Å². The van der Waals surface area contributed by atoms with Crippen molar-refractivity contribution in [3.63, 3.8) is 0 Å². The van der Waals surface area contributed by atoms with Crippen LogP contribution in [0.1, 0.15) is 6.92 Å². The van der Waals surface area contributed by atoms with Crippen molar-refractivity contribution in [1.29, 1.82) is 5.41 Å². The maximum absolute atomic E-state index is 8.48. The lowest BCUT2D eigenvalue weighted by Crippen LogP contribution is -1.76. The molecule has 0 amide bonds. The third-order valence-electron chi connectivity index (χ3n) is 0.622. The van der Waals surface area contributed by atoms with E-state index in [1.54, 1.807) is 6.92 Å². The van der Waals surface area contributed by atoms with Crippen molar-refractivity contribution in [2.45, 2.75) is 6.92 Å². The molecule has 0 bridgehead atoms. The Kier molecular flexibility index (Phi) is 2.62. The molecule has 0 atom stereocenters. The molecular formula is C6H9NO. The second-order valence-corrected chi connectivity index (χ2v) is 1.52. The summed E-state index contributed by atoms with van der Waals surface area (Å²) in [4.78, 5) is 0. The Morgan fingerprint density at radius 3 is 2.38 bits per heavy atom. The van der Waals surface area contributed by atoms with Crippen LogP contribution in [0.15, 0.2) is 24.0 Å². The summed E-state index contributed by atoms with van der Waals surface area (Å²) in [5, 5.41) is 15.1. The van der Waals surface area contributed by atoms with Gasteiger partial charge in [-0.3, -0.25) is 0 Å². The van der Waals surface area contributed by atoms with Gasteiger partial charge in [0.25, 0.3) is 0 Å². The van der Waals surface area contributed by atoms with Gasteiger partial charge in [0.1, 0.15) is 5.76 Å². The van der Waals surface area contributed by atoms with Gasteiger partial charge in [0, 0.05) is 6.21 Å². The van der Waals surface area contributed by atoms with E-state index in [0.717, 1.165) is 6.21 Å². The van der Waals surface area contributed by atoms with Crippen LogP contribution in [-0.2, 0) is 0 Å². The summed E-state index contributed by atoms with van der Waals surface area (Å²) in [6.07, 6.45) is 2.58. The van der Waals surface area contributed by atoms with Crippen LogP contribution in [0, 0.1) is 5.41 Å². The van der Waals surface area contributed by atoms with Crippen molar-refractivity contribution in [3.05, 3.63) is 24.0 Å². The van der Waals surface area contributed by atoms with Crippen LogP contribution in [0.25, 0.3) is 0 Å². The average molecular weight is 111 g/mol. The first-order chi connectivity index (χ1) is 3.66. The van der Waals surface area contributed by atoms with Crippen LogP contribution >= 0.6 is 0 Å². The minimum Gasteiger partial charge on any atom is -0.509 e. The van der Waals surface area contributed by atoms with Gasteiger partial charge in [-0.2, -0.15) is 0 Å². The SMILES string of the molecule is C=C(O)/C=C(/C)C=N. The molecular weight excluding hydrogens is 102 g/mol. The molecule has 2 heteroatoms. The Labute approximate surface area is 48.7 Å². The van der Waals surface area contributed by atoms with Gasteiger partial charge in [-0.25, -0.2) is 0 Å². The van der Waals surface area contributed by atoms with E-state index in [2.05, 4.69) is 6.58 Å². The summed E-state index contributed by atoms with van der Waals surface area (Å²) in [5.74, 6) is -0.00833. The van der Waals surface area contributed by atoms with E-state index in [1.807, 2.05) is 0 Å². The fourth-order valence-electron chi connectivity index (χ4n) is 0.304. The van der Waals surface area contributed by atoms with Crippen LogP contribution < -0.4 is 0 Å². The number of aliphatic hydroxyl groups is 1. The molecule has 2 N–H and O–H groups in total. The first-order valence-electron chi connectivity index (χ1n) is 2.23. The predicted molar refractivity (Wildman–Crippen MR) is 34.3 cm³/mol. The van der Waals surface area contributed by atoms with Crippen LogP contribution in [0.3, 0.4) is 0 Å². The van der Waals surface area contributed by atoms with Crippen molar-refractivity contribution in [3.8, 4) is 0 Å². The minimum absolute atomic E-state index is 0.00833. The molecule has 44 valence electrons. The number of rotatable bonds is 2. The molecule has 0 aromatic carbocycles. The largest absolute Gasteiger partial charge is 0.509 e. The third-order valence-corrected chi connectivity index (χ3v) is 0.622. The standard InChI is InChI=1S/C6H9NO/c1-5(4-7)3-6(2)8/h3-4,7-8H,2H2,1H3/b5-3-,7-4?. The predicted octanol–water partition coefficient (Wildman–Crippen LogP) is 1.65. The van der Waals surface area contributed by atoms with Gasteiger partial charge in [0.2, 0.25) is 0 Å². The molecule has 0 heterocycles.